The Morgan fingerprint density at radius 1 is 1.26 bits per heavy atom. The standard InChI is InChI=1S/C13H10N2O4/c16-13(9-19-12-2-1-7-14-8-12)10-3-5-11(6-4-10)15(17)18/h1-8H,9H2. The average Bonchev–Trinajstić information content (AvgIpc) is 2.46. The number of pyridine rings is 1. The average molecular weight is 258 g/mol. The first-order valence-corrected chi connectivity index (χ1v) is 5.47. The van der Waals surface area contributed by atoms with E-state index in [0.717, 1.165) is 0 Å². The summed E-state index contributed by atoms with van der Waals surface area (Å²) in [5, 5.41) is 10.5. The van der Waals surface area contributed by atoms with E-state index in [4.69, 9.17) is 4.74 Å². The molecule has 0 N–H and O–H groups in total. The summed E-state index contributed by atoms with van der Waals surface area (Å²) >= 11 is 0. The van der Waals surface area contributed by atoms with Gasteiger partial charge in [0, 0.05) is 23.9 Å². The normalized spacial score (nSPS) is 9.89. The highest BCUT2D eigenvalue weighted by Gasteiger charge is 2.10. The van der Waals surface area contributed by atoms with Gasteiger partial charge in [-0.25, -0.2) is 0 Å². The SMILES string of the molecule is O=C(COc1cccnc1)c1ccc([N+](=O)[O-])cc1. The van der Waals surface area contributed by atoms with Crippen molar-refractivity contribution in [3.63, 3.8) is 0 Å². The Morgan fingerprint density at radius 3 is 2.58 bits per heavy atom. The lowest BCUT2D eigenvalue weighted by atomic mass is 10.1. The number of ether oxygens (including phenoxy) is 1. The second-order valence-electron chi connectivity index (χ2n) is 3.70. The first-order chi connectivity index (χ1) is 9.16. The number of hydrogen-bond acceptors (Lipinski definition) is 5. The van der Waals surface area contributed by atoms with Crippen LogP contribution in [0.4, 0.5) is 5.69 Å². The van der Waals surface area contributed by atoms with E-state index in [-0.39, 0.29) is 18.1 Å². The van der Waals surface area contributed by atoms with Gasteiger partial charge in [-0.2, -0.15) is 0 Å². The van der Waals surface area contributed by atoms with Crippen molar-refractivity contribution in [2.45, 2.75) is 0 Å². The molecule has 0 amide bonds. The molecule has 0 radical (unpaired) electrons. The summed E-state index contributed by atoms with van der Waals surface area (Å²) in [6.07, 6.45) is 3.11. The third-order valence-electron chi connectivity index (χ3n) is 2.40. The molecule has 0 unspecified atom stereocenters. The molecule has 0 aliphatic carbocycles. The topological polar surface area (TPSA) is 82.3 Å². The molecule has 1 aromatic carbocycles. The Balaban J connectivity index is 1.98. The minimum atomic E-state index is -0.513. The lowest BCUT2D eigenvalue weighted by molar-refractivity contribution is -0.384. The summed E-state index contributed by atoms with van der Waals surface area (Å²) in [4.78, 5) is 25.6. The fourth-order valence-electron chi connectivity index (χ4n) is 1.43. The van der Waals surface area contributed by atoms with Crippen LogP contribution in [0.5, 0.6) is 5.75 Å². The highest BCUT2D eigenvalue weighted by Crippen LogP contribution is 2.13. The summed E-state index contributed by atoms with van der Waals surface area (Å²) in [7, 11) is 0. The predicted molar refractivity (Wildman–Crippen MR) is 67.2 cm³/mol. The summed E-state index contributed by atoms with van der Waals surface area (Å²) in [5.74, 6) is 0.247. The Morgan fingerprint density at radius 2 is 2.00 bits per heavy atom. The van der Waals surface area contributed by atoms with Crippen LogP contribution in [0.25, 0.3) is 0 Å². The first kappa shape index (κ1) is 12.7. The van der Waals surface area contributed by atoms with Gasteiger partial charge in [0.2, 0.25) is 0 Å². The third kappa shape index (κ3) is 3.35. The summed E-state index contributed by atoms with van der Waals surface area (Å²) in [5.41, 5.74) is 0.319. The van der Waals surface area contributed by atoms with Gasteiger partial charge >= 0.3 is 0 Å². The fourth-order valence-corrected chi connectivity index (χ4v) is 1.43. The maximum Gasteiger partial charge on any atom is 0.269 e. The van der Waals surface area contributed by atoms with Crippen LogP contribution in [0.3, 0.4) is 0 Å². The van der Waals surface area contributed by atoms with Gasteiger partial charge in [0.25, 0.3) is 5.69 Å². The van der Waals surface area contributed by atoms with Crippen molar-refractivity contribution in [2.24, 2.45) is 0 Å². The number of hydrogen-bond donors (Lipinski definition) is 0. The number of carbonyl (C=O) groups excluding carboxylic acids is 1. The number of carbonyl (C=O) groups is 1. The third-order valence-corrected chi connectivity index (χ3v) is 2.40. The van der Waals surface area contributed by atoms with E-state index >= 15 is 0 Å². The van der Waals surface area contributed by atoms with Crippen molar-refractivity contribution < 1.29 is 14.5 Å². The number of rotatable bonds is 5. The van der Waals surface area contributed by atoms with Crippen LogP contribution in [0.2, 0.25) is 0 Å². The summed E-state index contributed by atoms with van der Waals surface area (Å²) < 4.78 is 5.25. The maximum atomic E-state index is 11.8. The number of benzene rings is 1. The van der Waals surface area contributed by atoms with Crippen LogP contribution in [0.15, 0.2) is 48.8 Å². The van der Waals surface area contributed by atoms with Gasteiger partial charge in [0.15, 0.2) is 12.4 Å². The number of nitrogens with zero attached hydrogens (tertiary/aromatic N) is 2. The maximum absolute atomic E-state index is 11.8. The monoisotopic (exact) mass is 258 g/mol. The smallest absolute Gasteiger partial charge is 0.269 e. The van der Waals surface area contributed by atoms with Crippen molar-refractivity contribution in [3.8, 4) is 5.75 Å². The van der Waals surface area contributed by atoms with Crippen LogP contribution in [0, 0.1) is 10.1 Å². The van der Waals surface area contributed by atoms with Gasteiger partial charge in [0.05, 0.1) is 11.1 Å². The highest BCUT2D eigenvalue weighted by atomic mass is 16.6. The van der Waals surface area contributed by atoms with Crippen molar-refractivity contribution >= 4 is 11.5 Å². The molecule has 0 atom stereocenters. The zero-order valence-electron chi connectivity index (χ0n) is 9.85. The second kappa shape index (κ2) is 5.72. The van der Waals surface area contributed by atoms with Gasteiger partial charge in [-0.15, -0.1) is 0 Å². The van der Waals surface area contributed by atoms with E-state index < -0.39 is 4.92 Å². The minimum absolute atomic E-state index is 0.0512. The number of Topliss-reactive ketones (excluding diaryl/α,β-unsaturated/α-hetero) is 1. The van der Waals surface area contributed by atoms with Gasteiger partial charge in [-0.05, 0) is 24.3 Å². The van der Waals surface area contributed by atoms with Crippen LogP contribution in [-0.4, -0.2) is 22.3 Å². The van der Waals surface area contributed by atoms with E-state index in [1.807, 2.05) is 0 Å². The molecule has 1 aromatic heterocycles. The Labute approximate surface area is 108 Å². The highest BCUT2D eigenvalue weighted by molar-refractivity contribution is 5.97. The molecular weight excluding hydrogens is 248 g/mol. The van der Waals surface area contributed by atoms with Crippen LogP contribution >= 0.6 is 0 Å². The lowest BCUT2D eigenvalue weighted by Crippen LogP contribution is -2.11. The molecule has 0 aliphatic heterocycles. The van der Waals surface area contributed by atoms with Gasteiger partial charge in [-0.3, -0.25) is 19.9 Å². The van der Waals surface area contributed by atoms with E-state index in [0.29, 0.717) is 11.3 Å². The second-order valence-corrected chi connectivity index (χ2v) is 3.70. The molecule has 0 saturated carbocycles. The van der Waals surface area contributed by atoms with Crippen LogP contribution in [-0.2, 0) is 0 Å². The molecule has 0 aliphatic rings. The molecule has 1 heterocycles. The molecule has 19 heavy (non-hydrogen) atoms. The predicted octanol–water partition coefficient (Wildman–Crippen LogP) is 2.25. The Kier molecular flexibility index (Phi) is 3.82. The molecule has 6 heteroatoms. The molecule has 0 spiro atoms. The van der Waals surface area contributed by atoms with Crippen molar-refractivity contribution in [2.75, 3.05) is 6.61 Å². The van der Waals surface area contributed by atoms with E-state index in [1.54, 1.807) is 18.3 Å². The molecular formula is C13H10N2O4. The summed E-state index contributed by atoms with van der Waals surface area (Å²) in [6, 6.07) is 8.79. The van der Waals surface area contributed by atoms with Crippen LogP contribution in [0.1, 0.15) is 10.4 Å². The number of non-ortho nitro benzene ring substituents is 1. The van der Waals surface area contributed by atoms with Crippen molar-refractivity contribution in [3.05, 3.63) is 64.5 Å². The number of nitro groups is 1. The summed E-state index contributed by atoms with van der Waals surface area (Å²) in [6.45, 7) is -0.135. The number of aromatic nitrogens is 1. The number of ketones is 1. The van der Waals surface area contributed by atoms with Gasteiger partial charge in [0.1, 0.15) is 5.75 Å². The first-order valence-electron chi connectivity index (χ1n) is 5.47. The van der Waals surface area contributed by atoms with E-state index in [9.17, 15) is 14.9 Å². The minimum Gasteiger partial charge on any atom is -0.484 e. The zero-order valence-corrected chi connectivity index (χ0v) is 9.85. The molecule has 0 fully saturated rings. The van der Waals surface area contributed by atoms with Gasteiger partial charge in [-0.1, -0.05) is 0 Å². The molecule has 2 rings (SSSR count). The van der Waals surface area contributed by atoms with Crippen molar-refractivity contribution in [1.29, 1.82) is 0 Å². The van der Waals surface area contributed by atoms with Gasteiger partial charge < -0.3 is 4.74 Å². The lowest BCUT2D eigenvalue weighted by Gasteiger charge is -2.04. The molecule has 6 nitrogen and oxygen atoms in total. The van der Waals surface area contributed by atoms with Crippen molar-refractivity contribution in [1.82, 2.24) is 4.98 Å². The van der Waals surface area contributed by atoms with E-state index in [2.05, 4.69) is 4.98 Å². The van der Waals surface area contributed by atoms with E-state index in [1.165, 1.54) is 30.5 Å². The number of nitro benzene ring substituents is 1. The Hall–Kier alpha value is -2.76. The van der Waals surface area contributed by atoms with Crippen LogP contribution < -0.4 is 4.74 Å². The molecule has 96 valence electrons. The largest absolute Gasteiger partial charge is 0.484 e. The molecule has 0 bridgehead atoms. The Bertz CT molecular complexity index is 581. The molecule has 0 saturated heterocycles. The fraction of sp³-hybridized carbons (Fsp3) is 0.0769. The molecule has 2 aromatic rings. The quantitative estimate of drug-likeness (QED) is 0.466. The zero-order chi connectivity index (χ0) is 13.7.